The van der Waals surface area contributed by atoms with Crippen LogP contribution in [0.3, 0.4) is 0 Å². The fourth-order valence-corrected chi connectivity index (χ4v) is 4.14. The van der Waals surface area contributed by atoms with Gasteiger partial charge in [0.1, 0.15) is 5.75 Å². The molecule has 7 heteroatoms. The summed E-state index contributed by atoms with van der Waals surface area (Å²) in [7, 11) is 0. The number of piperazine rings is 1. The summed E-state index contributed by atoms with van der Waals surface area (Å²) in [4.78, 5) is 30.3. The minimum absolute atomic E-state index is 0.0237. The molecule has 2 amide bonds. The molecule has 3 aliphatic heterocycles. The van der Waals surface area contributed by atoms with Gasteiger partial charge >= 0.3 is 0 Å². The maximum absolute atomic E-state index is 12.4. The minimum atomic E-state index is 0.0237. The lowest BCUT2D eigenvalue weighted by atomic mass is 10.2. The van der Waals surface area contributed by atoms with E-state index in [1.165, 1.54) is 0 Å². The number of benzene rings is 1. The van der Waals surface area contributed by atoms with Crippen LogP contribution in [0.1, 0.15) is 25.7 Å². The van der Waals surface area contributed by atoms with Crippen LogP contribution in [0.15, 0.2) is 24.3 Å². The molecule has 1 atom stereocenters. The molecular formula is C21H29N3O4. The van der Waals surface area contributed by atoms with Crippen LogP contribution >= 0.6 is 0 Å². The van der Waals surface area contributed by atoms with Crippen LogP contribution in [0, 0.1) is 0 Å². The number of carbonyl (C=O) groups excluding carboxylic acids is 2. The van der Waals surface area contributed by atoms with Gasteiger partial charge in [-0.1, -0.05) is 0 Å². The number of amides is 2. The summed E-state index contributed by atoms with van der Waals surface area (Å²) in [5.74, 6) is 0.846. The van der Waals surface area contributed by atoms with Crippen molar-refractivity contribution in [2.75, 3.05) is 57.4 Å². The fraction of sp³-hybridized carbons (Fsp3) is 0.619. The smallest absolute Gasteiger partial charge is 0.260 e. The topological polar surface area (TPSA) is 62.3 Å². The second-order valence-corrected chi connectivity index (χ2v) is 7.75. The van der Waals surface area contributed by atoms with Crippen molar-refractivity contribution in [3.05, 3.63) is 24.3 Å². The van der Waals surface area contributed by atoms with Gasteiger partial charge in [-0.05, 0) is 43.5 Å². The van der Waals surface area contributed by atoms with Crippen LogP contribution in [-0.4, -0.2) is 80.2 Å². The van der Waals surface area contributed by atoms with E-state index < -0.39 is 0 Å². The molecule has 3 saturated heterocycles. The molecule has 0 saturated carbocycles. The van der Waals surface area contributed by atoms with Gasteiger partial charge in [-0.3, -0.25) is 14.5 Å². The summed E-state index contributed by atoms with van der Waals surface area (Å²) in [6.45, 7) is 5.95. The first-order chi connectivity index (χ1) is 13.7. The third-order valence-electron chi connectivity index (χ3n) is 5.79. The quantitative estimate of drug-likeness (QED) is 0.741. The van der Waals surface area contributed by atoms with Crippen LogP contribution < -0.4 is 9.64 Å². The molecule has 1 aromatic rings. The second-order valence-electron chi connectivity index (χ2n) is 7.75. The Hall–Kier alpha value is -2.12. The van der Waals surface area contributed by atoms with Crippen molar-refractivity contribution in [2.45, 2.75) is 31.8 Å². The van der Waals surface area contributed by atoms with Gasteiger partial charge in [0.2, 0.25) is 5.91 Å². The molecule has 0 aliphatic carbocycles. The van der Waals surface area contributed by atoms with Crippen LogP contribution in [0.5, 0.6) is 5.75 Å². The molecule has 1 unspecified atom stereocenters. The Bertz CT molecular complexity index is 679. The van der Waals surface area contributed by atoms with Gasteiger partial charge < -0.3 is 19.3 Å². The van der Waals surface area contributed by atoms with E-state index in [2.05, 4.69) is 4.90 Å². The Balaban J connectivity index is 1.20. The number of rotatable bonds is 6. The summed E-state index contributed by atoms with van der Waals surface area (Å²) >= 11 is 0. The Kier molecular flexibility index (Phi) is 6.12. The fourth-order valence-electron chi connectivity index (χ4n) is 4.14. The van der Waals surface area contributed by atoms with E-state index in [9.17, 15) is 9.59 Å². The van der Waals surface area contributed by atoms with Crippen molar-refractivity contribution in [1.29, 1.82) is 0 Å². The zero-order chi connectivity index (χ0) is 19.3. The number of hydrogen-bond acceptors (Lipinski definition) is 5. The first kappa shape index (κ1) is 19.2. The van der Waals surface area contributed by atoms with Gasteiger partial charge in [0.15, 0.2) is 6.61 Å². The number of carbonyl (C=O) groups is 2. The highest BCUT2D eigenvalue weighted by Gasteiger charge is 2.25. The lowest BCUT2D eigenvalue weighted by Gasteiger charge is -2.35. The third kappa shape index (κ3) is 4.64. The van der Waals surface area contributed by atoms with Crippen molar-refractivity contribution >= 4 is 17.5 Å². The number of anilines is 1. The molecule has 0 radical (unpaired) electrons. The van der Waals surface area contributed by atoms with Crippen molar-refractivity contribution in [3.8, 4) is 5.75 Å². The van der Waals surface area contributed by atoms with Gasteiger partial charge in [0, 0.05) is 58.0 Å². The SMILES string of the molecule is O=C(COc1ccc(N2CCCC2=O)cc1)N1CCN(CC2CCCO2)CC1. The van der Waals surface area contributed by atoms with Crippen molar-refractivity contribution in [3.63, 3.8) is 0 Å². The first-order valence-corrected chi connectivity index (χ1v) is 10.3. The predicted octanol–water partition coefficient (Wildman–Crippen LogP) is 1.52. The highest BCUT2D eigenvalue weighted by atomic mass is 16.5. The largest absolute Gasteiger partial charge is 0.484 e. The summed E-state index contributed by atoms with van der Waals surface area (Å²) < 4.78 is 11.4. The Morgan fingerprint density at radius 1 is 1.07 bits per heavy atom. The summed E-state index contributed by atoms with van der Waals surface area (Å²) in [6.07, 6.45) is 4.21. The van der Waals surface area contributed by atoms with E-state index in [-0.39, 0.29) is 18.4 Å². The van der Waals surface area contributed by atoms with E-state index in [1.807, 2.05) is 29.2 Å². The van der Waals surface area contributed by atoms with Crippen molar-refractivity contribution < 1.29 is 19.1 Å². The molecular weight excluding hydrogens is 358 g/mol. The molecule has 3 heterocycles. The Morgan fingerprint density at radius 2 is 1.86 bits per heavy atom. The minimum Gasteiger partial charge on any atom is -0.484 e. The van der Waals surface area contributed by atoms with Crippen LogP contribution in [0.25, 0.3) is 0 Å². The molecule has 7 nitrogen and oxygen atoms in total. The maximum atomic E-state index is 12.4. The third-order valence-corrected chi connectivity index (χ3v) is 5.79. The summed E-state index contributed by atoms with van der Waals surface area (Å²) in [5, 5.41) is 0. The standard InChI is InChI=1S/C21H29N3O4/c25-20-4-1-9-24(20)17-5-7-18(8-6-17)28-16-21(26)23-12-10-22(11-13-23)15-19-3-2-14-27-19/h5-8,19H,1-4,9-16H2. The molecule has 0 aromatic heterocycles. The summed E-state index contributed by atoms with van der Waals surface area (Å²) in [5.41, 5.74) is 0.892. The molecule has 28 heavy (non-hydrogen) atoms. The van der Waals surface area contributed by atoms with Gasteiger partial charge in [0.25, 0.3) is 5.91 Å². The highest BCUT2D eigenvalue weighted by molar-refractivity contribution is 5.95. The molecule has 0 bridgehead atoms. The average molecular weight is 387 g/mol. The van der Waals surface area contributed by atoms with Crippen molar-refractivity contribution in [2.24, 2.45) is 0 Å². The Morgan fingerprint density at radius 3 is 2.50 bits per heavy atom. The molecule has 152 valence electrons. The Labute approximate surface area is 166 Å². The van der Waals surface area contributed by atoms with E-state index >= 15 is 0 Å². The lowest BCUT2D eigenvalue weighted by molar-refractivity contribution is -0.135. The van der Waals surface area contributed by atoms with E-state index in [0.29, 0.717) is 18.3 Å². The number of hydrogen-bond donors (Lipinski definition) is 0. The van der Waals surface area contributed by atoms with E-state index in [0.717, 1.165) is 70.8 Å². The predicted molar refractivity (Wildman–Crippen MR) is 106 cm³/mol. The van der Waals surface area contributed by atoms with Crippen LogP contribution in [-0.2, 0) is 14.3 Å². The number of nitrogens with zero attached hydrogens (tertiary/aromatic N) is 3. The zero-order valence-corrected chi connectivity index (χ0v) is 16.3. The van der Waals surface area contributed by atoms with Crippen molar-refractivity contribution in [1.82, 2.24) is 9.80 Å². The van der Waals surface area contributed by atoms with Gasteiger partial charge in [-0.25, -0.2) is 0 Å². The summed E-state index contributed by atoms with van der Waals surface area (Å²) in [6, 6.07) is 7.42. The van der Waals surface area contributed by atoms with Crippen LogP contribution in [0.2, 0.25) is 0 Å². The normalized spacial score (nSPS) is 23.4. The van der Waals surface area contributed by atoms with Gasteiger partial charge in [0.05, 0.1) is 6.10 Å². The molecule has 3 fully saturated rings. The van der Waals surface area contributed by atoms with E-state index in [4.69, 9.17) is 9.47 Å². The first-order valence-electron chi connectivity index (χ1n) is 10.3. The molecule has 3 aliphatic rings. The highest BCUT2D eigenvalue weighted by Crippen LogP contribution is 2.24. The second kappa shape index (κ2) is 8.92. The molecule has 1 aromatic carbocycles. The van der Waals surface area contributed by atoms with E-state index in [1.54, 1.807) is 4.90 Å². The van der Waals surface area contributed by atoms with Gasteiger partial charge in [-0.15, -0.1) is 0 Å². The lowest BCUT2D eigenvalue weighted by Crippen LogP contribution is -2.51. The van der Waals surface area contributed by atoms with Crippen LogP contribution in [0.4, 0.5) is 5.69 Å². The molecule has 4 rings (SSSR count). The monoisotopic (exact) mass is 387 g/mol. The molecule has 0 spiro atoms. The molecule has 0 N–H and O–H groups in total. The average Bonchev–Trinajstić information content (AvgIpc) is 3.39. The zero-order valence-electron chi connectivity index (χ0n) is 16.3. The maximum Gasteiger partial charge on any atom is 0.260 e. The number of ether oxygens (including phenoxy) is 2. The van der Waals surface area contributed by atoms with Gasteiger partial charge in [-0.2, -0.15) is 0 Å².